The molecule has 2 aromatic rings. The molecule has 9 heteroatoms. The van der Waals surface area contributed by atoms with E-state index in [4.69, 9.17) is 0 Å². The SMILES string of the molecule is Cc1ccc(=O)n(CC(=O)NCc2cc(=O)[nH]c(N3CCC(C)CC3)n2)n1. The number of amides is 1. The van der Waals surface area contributed by atoms with Crippen molar-refractivity contribution >= 4 is 11.9 Å². The minimum atomic E-state index is -0.370. The number of hydrogen-bond acceptors (Lipinski definition) is 6. The fourth-order valence-electron chi connectivity index (χ4n) is 3.00. The van der Waals surface area contributed by atoms with Gasteiger partial charge in [-0.3, -0.25) is 19.4 Å². The zero-order valence-corrected chi connectivity index (χ0v) is 15.6. The fraction of sp³-hybridized carbons (Fsp3) is 0.500. The smallest absolute Gasteiger partial charge is 0.267 e. The minimum Gasteiger partial charge on any atom is -0.349 e. The summed E-state index contributed by atoms with van der Waals surface area (Å²) in [5.74, 6) is 0.843. The number of anilines is 1. The third-order valence-corrected chi connectivity index (χ3v) is 4.63. The topological polar surface area (TPSA) is 113 Å². The number of carbonyl (C=O) groups excluding carboxylic acids is 1. The van der Waals surface area contributed by atoms with Gasteiger partial charge in [0, 0.05) is 25.2 Å². The molecule has 27 heavy (non-hydrogen) atoms. The lowest BCUT2D eigenvalue weighted by Gasteiger charge is -2.30. The lowest BCUT2D eigenvalue weighted by Crippen LogP contribution is -2.36. The number of nitrogens with one attached hydrogen (secondary N) is 2. The average Bonchev–Trinajstić information content (AvgIpc) is 2.63. The Balaban J connectivity index is 1.63. The molecule has 0 atom stereocenters. The van der Waals surface area contributed by atoms with E-state index in [0.717, 1.165) is 30.6 Å². The van der Waals surface area contributed by atoms with Gasteiger partial charge < -0.3 is 10.2 Å². The van der Waals surface area contributed by atoms with E-state index in [0.29, 0.717) is 23.3 Å². The molecule has 1 aliphatic heterocycles. The number of aromatic amines is 1. The van der Waals surface area contributed by atoms with Gasteiger partial charge in [-0.1, -0.05) is 6.92 Å². The molecule has 0 spiro atoms. The van der Waals surface area contributed by atoms with Gasteiger partial charge >= 0.3 is 0 Å². The van der Waals surface area contributed by atoms with Crippen LogP contribution in [0.1, 0.15) is 31.2 Å². The summed E-state index contributed by atoms with van der Waals surface area (Å²) in [6.45, 7) is 5.59. The van der Waals surface area contributed by atoms with Crippen molar-refractivity contribution in [3.8, 4) is 0 Å². The Hall–Kier alpha value is -2.97. The molecule has 0 bridgehead atoms. The molecule has 2 N–H and O–H groups in total. The predicted molar refractivity (Wildman–Crippen MR) is 101 cm³/mol. The van der Waals surface area contributed by atoms with Gasteiger partial charge in [-0.15, -0.1) is 0 Å². The lowest BCUT2D eigenvalue weighted by molar-refractivity contribution is -0.122. The Morgan fingerprint density at radius 3 is 2.78 bits per heavy atom. The van der Waals surface area contributed by atoms with Crippen LogP contribution in [0.25, 0.3) is 0 Å². The Bertz CT molecular complexity index is 927. The second-order valence-corrected chi connectivity index (χ2v) is 6.98. The van der Waals surface area contributed by atoms with Crippen molar-refractivity contribution in [3.63, 3.8) is 0 Å². The molecular formula is C18H24N6O3. The van der Waals surface area contributed by atoms with E-state index < -0.39 is 0 Å². The van der Waals surface area contributed by atoms with E-state index in [1.807, 2.05) is 0 Å². The van der Waals surface area contributed by atoms with Crippen LogP contribution in [0.15, 0.2) is 27.8 Å². The first-order valence-corrected chi connectivity index (χ1v) is 9.07. The van der Waals surface area contributed by atoms with E-state index in [9.17, 15) is 14.4 Å². The summed E-state index contributed by atoms with van der Waals surface area (Å²) in [7, 11) is 0. The zero-order valence-electron chi connectivity index (χ0n) is 15.6. The number of rotatable bonds is 5. The highest BCUT2D eigenvalue weighted by Crippen LogP contribution is 2.19. The summed E-state index contributed by atoms with van der Waals surface area (Å²) in [5.41, 5.74) is 0.538. The van der Waals surface area contributed by atoms with E-state index >= 15 is 0 Å². The molecular weight excluding hydrogens is 348 g/mol. The highest BCUT2D eigenvalue weighted by Gasteiger charge is 2.18. The Labute approximate surface area is 156 Å². The fourth-order valence-corrected chi connectivity index (χ4v) is 3.00. The van der Waals surface area contributed by atoms with Gasteiger partial charge in [0.1, 0.15) is 6.54 Å². The van der Waals surface area contributed by atoms with Crippen LogP contribution in [0.2, 0.25) is 0 Å². The number of piperidine rings is 1. The number of hydrogen-bond donors (Lipinski definition) is 2. The number of nitrogens with zero attached hydrogens (tertiary/aromatic N) is 4. The van der Waals surface area contributed by atoms with Crippen LogP contribution < -0.4 is 21.3 Å². The van der Waals surface area contributed by atoms with Crippen molar-refractivity contribution < 1.29 is 4.79 Å². The summed E-state index contributed by atoms with van der Waals surface area (Å²) in [6.07, 6.45) is 2.12. The quantitative estimate of drug-likeness (QED) is 0.775. The second kappa shape index (κ2) is 8.15. The molecule has 1 fully saturated rings. The van der Waals surface area contributed by atoms with E-state index in [-0.39, 0.29) is 30.1 Å². The van der Waals surface area contributed by atoms with Crippen LogP contribution >= 0.6 is 0 Å². The molecule has 1 aliphatic rings. The highest BCUT2D eigenvalue weighted by molar-refractivity contribution is 5.75. The number of aromatic nitrogens is 4. The maximum absolute atomic E-state index is 12.1. The van der Waals surface area contributed by atoms with Crippen LogP contribution in [0.4, 0.5) is 5.95 Å². The molecule has 0 saturated carbocycles. The lowest BCUT2D eigenvalue weighted by atomic mass is 10.00. The summed E-state index contributed by atoms with van der Waals surface area (Å²) in [4.78, 5) is 45.1. The standard InChI is InChI=1S/C18H24N6O3/c1-12-5-7-23(8-6-12)18-20-14(9-15(25)21-18)10-19-16(26)11-24-17(27)4-3-13(2)22-24/h3-4,9,12H,5-8,10-11H2,1-2H3,(H,19,26)(H,20,21,25). The maximum Gasteiger partial charge on any atom is 0.267 e. The van der Waals surface area contributed by atoms with E-state index in [1.165, 1.54) is 12.1 Å². The van der Waals surface area contributed by atoms with Crippen LogP contribution in [0.3, 0.4) is 0 Å². The van der Waals surface area contributed by atoms with Crippen LogP contribution in [0.5, 0.6) is 0 Å². The van der Waals surface area contributed by atoms with Crippen molar-refractivity contribution in [2.75, 3.05) is 18.0 Å². The summed E-state index contributed by atoms with van der Waals surface area (Å²) >= 11 is 0. The van der Waals surface area contributed by atoms with Crippen molar-refractivity contribution in [1.82, 2.24) is 25.1 Å². The molecule has 144 valence electrons. The molecule has 0 aromatic carbocycles. The van der Waals surface area contributed by atoms with E-state index in [1.54, 1.807) is 13.0 Å². The predicted octanol–water partition coefficient (Wildman–Crippen LogP) is 0.188. The van der Waals surface area contributed by atoms with Crippen molar-refractivity contribution in [3.05, 3.63) is 50.3 Å². The Morgan fingerprint density at radius 2 is 2.04 bits per heavy atom. The van der Waals surface area contributed by atoms with Gasteiger partial charge in [-0.05, 0) is 31.7 Å². The van der Waals surface area contributed by atoms with Gasteiger partial charge in [0.2, 0.25) is 11.9 Å². The van der Waals surface area contributed by atoms with Gasteiger partial charge in [0.25, 0.3) is 11.1 Å². The highest BCUT2D eigenvalue weighted by atomic mass is 16.2. The average molecular weight is 372 g/mol. The molecule has 1 amide bonds. The largest absolute Gasteiger partial charge is 0.349 e. The van der Waals surface area contributed by atoms with Crippen molar-refractivity contribution in [2.24, 2.45) is 5.92 Å². The van der Waals surface area contributed by atoms with Crippen molar-refractivity contribution in [2.45, 2.75) is 39.8 Å². The normalized spacial score (nSPS) is 15.0. The van der Waals surface area contributed by atoms with Crippen LogP contribution in [-0.4, -0.2) is 38.7 Å². The monoisotopic (exact) mass is 372 g/mol. The third kappa shape index (κ3) is 5.02. The van der Waals surface area contributed by atoms with Gasteiger partial charge in [0.15, 0.2) is 0 Å². The van der Waals surface area contributed by atoms with Gasteiger partial charge in [-0.2, -0.15) is 5.10 Å². The second-order valence-electron chi connectivity index (χ2n) is 6.98. The molecule has 0 aliphatic carbocycles. The summed E-state index contributed by atoms with van der Waals surface area (Å²) in [5, 5.41) is 6.72. The first-order chi connectivity index (χ1) is 12.9. The molecule has 3 rings (SSSR count). The summed E-state index contributed by atoms with van der Waals surface area (Å²) < 4.78 is 1.11. The maximum atomic E-state index is 12.1. The van der Waals surface area contributed by atoms with Crippen LogP contribution in [-0.2, 0) is 17.9 Å². The van der Waals surface area contributed by atoms with Crippen LogP contribution in [0, 0.1) is 12.8 Å². The first kappa shape index (κ1) is 18.8. The molecule has 1 saturated heterocycles. The van der Waals surface area contributed by atoms with Crippen molar-refractivity contribution in [1.29, 1.82) is 0 Å². The zero-order chi connectivity index (χ0) is 19.4. The molecule has 0 unspecified atom stereocenters. The molecule has 9 nitrogen and oxygen atoms in total. The number of aryl methyl sites for hydroxylation is 1. The molecule has 0 radical (unpaired) electrons. The number of H-pyrrole nitrogens is 1. The Morgan fingerprint density at radius 1 is 1.30 bits per heavy atom. The van der Waals surface area contributed by atoms with Gasteiger partial charge in [0.05, 0.1) is 17.9 Å². The summed E-state index contributed by atoms with van der Waals surface area (Å²) in [6, 6.07) is 4.34. The molecule has 3 heterocycles. The first-order valence-electron chi connectivity index (χ1n) is 9.07. The van der Waals surface area contributed by atoms with Gasteiger partial charge in [-0.25, -0.2) is 9.67 Å². The minimum absolute atomic E-state index is 0.112. The Kier molecular flexibility index (Phi) is 5.68. The number of carbonyl (C=O) groups is 1. The molecule has 2 aromatic heterocycles. The third-order valence-electron chi connectivity index (χ3n) is 4.63. The van der Waals surface area contributed by atoms with E-state index in [2.05, 4.69) is 32.2 Å².